The minimum atomic E-state index is -0.306. The van der Waals surface area contributed by atoms with Gasteiger partial charge in [0.05, 0.1) is 12.7 Å². The number of aryl methyl sites for hydroxylation is 2. The lowest BCUT2D eigenvalue weighted by Gasteiger charge is -2.12. The minimum Gasteiger partial charge on any atom is -0.465 e. The van der Waals surface area contributed by atoms with E-state index in [9.17, 15) is 4.79 Å². The summed E-state index contributed by atoms with van der Waals surface area (Å²) in [4.78, 5) is 11.4. The van der Waals surface area contributed by atoms with E-state index in [1.807, 2.05) is 12.1 Å². The number of rotatable bonds is 4. The Morgan fingerprint density at radius 1 is 1.05 bits per heavy atom. The van der Waals surface area contributed by atoms with Crippen molar-refractivity contribution in [3.05, 3.63) is 64.7 Å². The topological polar surface area (TPSA) is 38.3 Å². The molecule has 3 nitrogen and oxygen atoms in total. The maximum absolute atomic E-state index is 11.4. The highest BCUT2D eigenvalue weighted by molar-refractivity contribution is 5.89. The monoisotopic (exact) mass is 269 g/mol. The lowest BCUT2D eigenvalue weighted by atomic mass is 10.1. The van der Waals surface area contributed by atoms with Crippen LogP contribution in [0.3, 0.4) is 0 Å². The smallest absolute Gasteiger partial charge is 0.337 e. The molecule has 0 atom stereocenters. The highest BCUT2D eigenvalue weighted by Crippen LogP contribution is 2.20. The number of hydrogen-bond acceptors (Lipinski definition) is 3. The number of benzene rings is 2. The summed E-state index contributed by atoms with van der Waals surface area (Å²) >= 11 is 0. The van der Waals surface area contributed by atoms with E-state index in [0.717, 1.165) is 12.1 Å². The van der Waals surface area contributed by atoms with Gasteiger partial charge in [0.25, 0.3) is 0 Å². The first kappa shape index (κ1) is 14.1. The van der Waals surface area contributed by atoms with E-state index >= 15 is 0 Å². The Balaban J connectivity index is 2.06. The van der Waals surface area contributed by atoms with E-state index in [-0.39, 0.29) is 5.97 Å². The van der Waals surface area contributed by atoms with Crippen LogP contribution in [0.25, 0.3) is 0 Å². The molecular formula is C17H19NO2. The summed E-state index contributed by atoms with van der Waals surface area (Å²) in [5, 5.41) is 3.44. The Hall–Kier alpha value is -2.29. The van der Waals surface area contributed by atoms with Crippen molar-refractivity contribution in [3.8, 4) is 0 Å². The number of ether oxygens (including phenoxy) is 1. The molecule has 104 valence electrons. The SMILES string of the molecule is COC(=O)c1ccc(CNc2c(C)cccc2C)cc1. The zero-order chi connectivity index (χ0) is 14.5. The fraction of sp³-hybridized carbons (Fsp3) is 0.235. The van der Waals surface area contributed by atoms with Crippen LogP contribution in [0.5, 0.6) is 0 Å². The van der Waals surface area contributed by atoms with Crippen LogP contribution in [-0.2, 0) is 11.3 Å². The summed E-state index contributed by atoms with van der Waals surface area (Å²) in [7, 11) is 1.39. The Morgan fingerprint density at radius 2 is 1.65 bits per heavy atom. The van der Waals surface area contributed by atoms with Crippen LogP contribution < -0.4 is 5.32 Å². The number of anilines is 1. The molecule has 0 heterocycles. The van der Waals surface area contributed by atoms with Gasteiger partial charge in [-0.2, -0.15) is 0 Å². The largest absolute Gasteiger partial charge is 0.465 e. The van der Waals surface area contributed by atoms with Crippen molar-refractivity contribution in [3.63, 3.8) is 0 Å². The summed E-state index contributed by atoms with van der Waals surface area (Å²) in [6.45, 7) is 4.92. The molecule has 0 saturated carbocycles. The molecule has 2 aromatic carbocycles. The van der Waals surface area contributed by atoms with Crippen LogP contribution in [0.1, 0.15) is 27.0 Å². The first-order valence-corrected chi connectivity index (χ1v) is 6.59. The van der Waals surface area contributed by atoms with Gasteiger partial charge in [0.2, 0.25) is 0 Å². The van der Waals surface area contributed by atoms with E-state index in [0.29, 0.717) is 5.56 Å². The molecule has 2 aromatic rings. The van der Waals surface area contributed by atoms with Gasteiger partial charge in [-0.3, -0.25) is 0 Å². The van der Waals surface area contributed by atoms with Crippen molar-refractivity contribution in [1.82, 2.24) is 0 Å². The van der Waals surface area contributed by atoms with E-state index in [4.69, 9.17) is 0 Å². The van der Waals surface area contributed by atoms with Crippen molar-refractivity contribution in [2.24, 2.45) is 0 Å². The van der Waals surface area contributed by atoms with E-state index in [2.05, 4.69) is 42.1 Å². The summed E-state index contributed by atoms with van der Waals surface area (Å²) < 4.78 is 4.68. The Labute approximate surface area is 119 Å². The van der Waals surface area contributed by atoms with Crippen molar-refractivity contribution in [2.75, 3.05) is 12.4 Å². The van der Waals surface area contributed by atoms with Gasteiger partial charge in [-0.1, -0.05) is 30.3 Å². The molecule has 0 aromatic heterocycles. The fourth-order valence-corrected chi connectivity index (χ4v) is 2.16. The number of carbonyl (C=O) groups excluding carboxylic acids is 1. The van der Waals surface area contributed by atoms with Crippen LogP contribution in [0.15, 0.2) is 42.5 Å². The third kappa shape index (κ3) is 3.18. The molecule has 0 bridgehead atoms. The molecule has 0 amide bonds. The lowest BCUT2D eigenvalue weighted by Crippen LogP contribution is -2.04. The molecule has 20 heavy (non-hydrogen) atoms. The molecule has 0 fully saturated rings. The number of methoxy groups -OCH3 is 1. The van der Waals surface area contributed by atoms with Gasteiger partial charge >= 0.3 is 5.97 Å². The molecule has 0 aliphatic rings. The number of hydrogen-bond donors (Lipinski definition) is 1. The van der Waals surface area contributed by atoms with Crippen LogP contribution >= 0.6 is 0 Å². The summed E-state index contributed by atoms with van der Waals surface area (Å²) in [5.41, 5.74) is 5.33. The van der Waals surface area contributed by atoms with Crippen molar-refractivity contribution in [1.29, 1.82) is 0 Å². The van der Waals surface area contributed by atoms with Gasteiger partial charge in [-0.15, -0.1) is 0 Å². The lowest BCUT2D eigenvalue weighted by molar-refractivity contribution is 0.0600. The van der Waals surface area contributed by atoms with E-state index in [1.165, 1.54) is 23.9 Å². The molecule has 0 spiro atoms. The second kappa shape index (κ2) is 6.24. The number of esters is 1. The first-order valence-electron chi connectivity index (χ1n) is 6.59. The number of para-hydroxylation sites is 1. The van der Waals surface area contributed by atoms with Crippen LogP contribution in [0.4, 0.5) is 5.69 Å². The number of carbonyl (C=O) groups is 1. The third-order valence-corrected chi connectivity index (χ3v) is 3.33. The second-order valence-electron chi connectivity index (χ2n) is 4.81. The zero-order valence-electron chi connectivity index (χ0n) is 12.1. The van der Waals surface area contributed by atoms with Gasteiger partial charge < -0.3 is 10.1 Å². The second-order valence-corrected chi connectivity index (χ2v) is 4.81. The van der Waals surface area contributed by atoms with Crippen molar-refractivity contribution >= 4 is 11.7 Å². The predicted molar refractivity (Wildman–Crippen MR) is 81.0 cm³/mol. The molecule has 0 radical (unpaired) electrons. The van der Waals surface area contributed by atoms with E-state index < -0.39 is 0 Å². The molecule has 3 heteroatoms. The molecule has 0 saturated heterocycles. The molecule has 1 N–H and O–H groups in total. The maximum atomic E-state index is 11.4. The van der Waals surface area contributed by atoms with Crippen LogP contribution in [-0.4, -0.2) is 13.1 Å². The summed E-state index contributed by atoms with van der Waals surface area (Å²) in [6, 6.07) is 13.7. The average Bonchev–Trinajstić information content (AvgIpc) is 2.46. The summed E-state index contributed by atoms with van der Waals surface area (Å²) in [5.74, 6) is -0.306. The minimum absolute atomic E-state index is 0.306. The number of nitrogens with one attached hydrogen (secondary N) is 1. The zero-order valence-corrected chi connectivity index (χ0v) is 12.1. The standard InChI is InChI=1S/C17H19NO2/c1-12-5-4-6-13(2)16(12)18-11-14-7-9-15(10-8-14)17(19)20-3/h4-10,18H,11H2,1-3H3. The quantitative estimate of drug-likeness (QED) is 0.860. The van der Waals surface area contributed by atoms with Gasteiger partial charge in [-0.05, 0) is 42.7 Å². The van der Waals surface area contributed by atoms with Crippen LogP contribution in [0.2, 0.25) is 0 Å². The predicted octanol–water partition coefficient (Wildman–Crippen LogP) is 3.70. The molecule has 0 unspecified atom stereocenters. The molecule has 0 aliphatic carbocycles. The average molecular weight is 269 g/mol. The Kier molecular flexibility index (Phi) is 4.41. The highest BCUT2D eigenvalue weighted by atomic mass is 16.5. The van der Waals surface area contributed by atoms with Gasteiger partial charge in [0.15, 0.2) is 0 Å². The molecule has 2 rings (SSSR count). The highest BCUT2D eigenvalue weighted by Gasteiger charge is 2.05. The summed E-state index contributed by atoms with van der Waals surface area (Å²) in [6.07, 6.45) is 0. The third-order valence-electron chi connectivity index (χ3n) is 3.33. The molecule has 0 aliphatic heterocycles. The van der Waals surface area contributed by atoms with Crippen molar-refractivity contribution in [2.45, 2.75) is 20.4 Å². The van der Waals surface area contributed by atoms with Gasteiger partial charge in [-0.25, -0.2) is 4.79 Å². The Morgan fingerprint density at radius 3 is 2.20 bits per heavy atom. The van der Waals surface area contributed by atoms with Crippen molar-refractivity contribution < 1.29 is 9.53 Å². The van der Waals surface area contributed by atoms with Gasteiger partial charge in [0.1, 0.15) is 0 Å². The van der Waals surface area contributed by atoms with Gasteiger partial charge in [0, 0.05) is 12.2 Å². The molecular weight excluding hydrogens is 250 g/mol. The Bertz CT molecular complexity index is 583. The first-order chi connectivity index (χ1) is 9.61. The fourth-order valence-electron chi connectivity index (χ4n) is 2.16. The van der Waals surface area contributed by atoms with E-state index in [1.54, 1.807) is 12.1 Å². The normalized spacial score (nSPS) is 10.2. The maximum Gasteiger partial charge on any atom is 0.337 e. The van der Waals surface area contributed by atoms with Crippen LogP contribution in [0, 0.1) is 13.8 Å².